The molecule has 0 aliphatic carbocycles. The zero-order valence-electron chi connectivity index (χ0n) is 14.7. The van der Waals surface area contributed by atoms with Gasteiger partial charge in [-0.1, -0.05) is 0 Å². The van der Waals surface area contributed by atoms with Gasteiger partial charge in [0.05, 0.1) is 6.26 Å². The van der Waals surface area contributed by atoms with Gasteiger partial charge in [0.25, 0.3) is 0 Å². The fraction of sp³-hybridized carbons (Fsp3) is 0.421. The second kappa shape index (κ2) is 7.61. The molecule has 2 aromatic rings. The van der Waals surface area contributed by atoms with Crippen LogP contribution in [0.1, 0.15) is 37.2 Å². The standard InChI is InChI=1S/C19H25N3O3/c1-13(11-17(23)18-6-4-10-25-18)20-19(24)21-15-7-8-16-14(12-15)5-3-9-22(16)2/h4,6-8,10,12-13,17,23H,3,5,9,11H2,1-2H3,(H2,20,21,24). The van der Waals surface area contributed by atoms with Gasteiger partial charge < -0.3 is 25.1 Å². The Bertz CT molecular complexity index is 715. The SMILES string of the molecule is CC(CC(O)c1ccco1)NC(=O)Nc1ccc2c(c1)CCCN2C. The number of amides is 2. The highest BCUT2D eigenvalue weighted by Gasteiger charge is 2.17. The second-order valence-corrected chi connectivity index (χ2v) is 6.64. The maximum absolute atomic E-state index is 12.2. The van der Waals surface area contributed by atoms with Crippen molar-refractivity contribution in [2.24, 2.45) is 0 Å². The fourth-order valence-corrected chi connectivity index (χ4v) is 3.24. The smallest absolute Gasteiger partial charge is 0.319 e. The lowest BCUT2D eigenvalue weighted by molar-refractivity contribution is 0.130. The average Bonchev–Trinajstić information content (AvgIpc) is 3.09. The molecule has 2 atom stereocenters. The van der Waals surface area contributed by atoms with Crippen molar-refractivity contribution in [1.82, 2.24) is 5.32 Å². The average molecular weight is 343 g/mol. The number of aryl methyl sites for hydroxylation is 1. The van der Waals surface area contributed by atoms with Crippen LogP contribution in [0.15, 0.2) is 41.0 Å². The quantitative estimate of drug-likeness (QED) is 0.778. The number of fused-ring (bicyclic) bond motifs is 1. The highest BCUT2D eigenvalue weighted by molar-refractivity contribution is 5.90. The van der Waals surface area contributed by atoms with Crippen molar-refractivity contribution in [2.75, 3.05) is 23.8 Å². The maximum Gasteiger partial charge on any atom is 0.319 e. The predicted octanol–water partition coefficient (Wildman–Crippen LogP) is 3.30. The molecule has 2 amide bonds. The summed E-state index contributed by atoms with van der Waals surface area (Å²) in [7, 11) is 2.09. The number of urea groups is 1. The minimum absolute atomic E-state index is 0.191. The number of carbonyl (C=O) groups is 1. The molecule has 0 saturated heterocycles. The van der Waals surface area contributed by atoms with Crippen molar-refractivity contribution < 1.29 is 14.3 Å². The minimum atomic E-state index is -0.732. The lowest BCUT2D eigenvalue weighted by Gasteiger charge is -2.28. The molecule has 3 rings (SSSR count). The topological polar surface area (TPSA) is 77.7 Å². The summed E-state index contributed by atoms with van der Waals surface area (Å²) in [5.41, 5.74) is 3.27. The second-order valence-electron chi connectivity index (χ2n) is 6.64. The molecule has 1 aliphatic heterocycles. The fourth-order valence-electron chi connectivity index (χ4n) is 3.24. The van der Waals surface area contributed by atoms with Gasteiger partial charge in [-0.3, -0.25) is 0 Å². The van der Waals surface area contributed by atoms with Gasteiger partial charge in [-0.15, -0.1) is 0 Å². The number of aliphatic hydroxyl groups is 1. The largest absolute Gasteiger partial charge is 0.467 e. The van der Waals surface area contributed by atoms with Crippen LogP contribution in [0, 0.1) is 0 Å². The molecule has 0 radical (unpaired) electrons. The van der Waals surface area contributed by atoms with Gasteiger partial charge in [0.15, 0.2) is 0 Å². The van der Waals surface area contributed by atoms with E-state index >= 15 is 0 Å². The highest BCUT2D eigenvalue weighted by atomic mass is 16.4. The van der Waals surface area contributed by atoms with Crippen LogP contribution in [0.4, 0.5) is 16.2 Å². The molecule has 1 aromatic heterocycles. The number of nitrogens with zero attached hydrogens (tertiary/aromatic N) is 1. The molecule has 134 valence electrons. The Morgan fingerprint density at radius 2 is 2.24 bits per heavy atom. The van der Waals surface area contributed by atoms with Crippen LogP contribution >= 0.6 is 0 Å². The molecule has 3 N–H and O–H groups in total. The van der Waals surface area contributed by atoms with Gasteiger partial charge >= 0.3 is 6.03 Å². The van der Waals surface area contributed by atoms with E-state index in [1.807, 2.05) is 25.1 Å². The van der Waals surface area contributed by atoms with Crippen LogP contribution < -0.4 is 15.5 Å². The Morgan fingerprint density at radius 1 is 1.40 bits per heavy atom. The Labute approximate surface area is 147 Å². The number of furan rings is 1. The van der Waals surface area contributed by atoms with Crippen molar-refractivity contribution in [3.63, 3.8) is 0 Å². The van der Waals surface area contributed by atoms with E-state index in [9.17, 15) is 9.90 Å². The Morgan fingerprint density at radius 3 is 3.00 bits per heavy atom. The summed E-state index contributed by atoms with van der Waals surface area (Å²) >= 11 is 0. The van der Waals surface area contributed by atoms with Crippen LogP contribution in [0.3, 0.4) is 0 Å². The van der Waals surface area contributed by atoms with Crippen molar-refractivity contribution >= 4 is 17.4 Å². The number of hydrogen-bond donors (Lipinski definition) is 3. The van der Waals surface area contributed by atoms with Crippen LogP contribution in [0.2, 0.25) is 0 Å². The summed E-state index contributed by atoms with van der Waals surface area (Å²) in [6.07, 6.45) is 3.33. The zero-order valence-corrected chi connectivity index (χ0v) is 14.7. The molecule has 25 heavy (non-hydrogen) atoms. The number of anilines is 2. The van der Waals surface area contributed by atoms with Crippen LogP contribution in [-0.2, 0) is 6.42 Å². The maximum atomic E-state index is 12.2. The summed E-state index contributed by atoms with van der Waals surface area (Å²) in [6, 6.07) is 8.99. The first-order valence-electron chi connectivity index (χ1n) is 8.66. The number of benzene rings is 1. The van der Waals surface area contributed by atoms with Crippen molar-refractivity contribution in [3.8, 4) is 0 Å². The lowest BCUT2D eigenvalue weighted by atomic mass is 10.0. The Hall–Kier alpha value is -2.47. The lowest BCUT2D eigenvalue weighted by Crippen LogP contribution is -2.37. The predicted molar refractivity (Wildman–Crippen MR) is 97.9 cm³/mol. The van der Waals surface area contributed by atoms with Gasteiger partial charge in [-0.05, 0) is 55.7 Å². The number of hydrogen-bond acceptors (Lipinski definition) is 4. The molecular formula is C19H25N3O3. The van der Waals surface area contributed by atoms with Crippen molar-refractivity contribution in [1.29, 1.82) is 0 Å². The van der Waals surface area contributed by atoms with E-state index in [0.717, 1.165) is 25.1 Å². The zero-order chi connectivity index (χ0) is 17.8. The molecule has 1 aromatic carbocycles. The van der Waals surface area contributed by atoms with E-state index in [-0.39, 0.29) is 12.1 Å². The van der Waals surface area contributed by atoms with E-state index in [2.05, 4.69) is 22.6 Å². The summed E-state index contributed by atoms with van der Waals surface area (Å²) in [6.45, 7) is 2.92. The van der Waals surface area contributed by atoms with E-state index in [4.69, 9.17) is 4.42 Å². The summed E-state index contributed by atoms with van der Waals surface area (Å²) < 4.78 is 5.18. The normalized spacial score (nSPS) is 16.0. The number of nitrogens with one attached hydrogen (secondary N) is 2. The Kier molecular flexibility index (Phi) is 5.28. The molecule has 6 heteroatoms. The molecule has 6 nitrogen and oxygen atoms in total. The summed E-state index contributed by atoms with van der Waals surface area (Å²) in [5, 5.41) is 15.8. The third-order valence-corrected chi connectivity index (χ3v) is 4.51. The first-order chi connectivity index (χ1) is 12.0. The van der Waals surface area contributed by atoms with E-state index in [0.29, 0.717) is 12.2 Å². The van der Waals surface area contributed by atoms with E-state index in [1.54, 1.807) is 12.1 Å². The molecule has 0 fully saturated rings. The van der Waals surface area contributed by atoms with E-state index < -0.39 is 6.10 Å². The summed E-state index contributed by atoms with van der Waals surface area (Å²) in [5.74, 6) is 0.507. The van der Waals surface area contributed by atoms with Crippen molar-refractivity contribution in [3.05, 3.63) is 47.9 Å². The molecule has 2 unspecified atom stereocenters. The first kappa shape index (κ1) is 17.4. The highest BCUT2D eigenvalue weighted by Crippen LogP contribution is 2.28. The molecule has 0 spiro atoms. The monoisotopic (exact) mass is 343 g/mol. The number of carbonyl (C=O) groups excluding carboxylic acids is 1. The molecule has 2 heterocycles. The third kappa shape index (κ3) is 4.33. The van der Waals surface area contributed by atoms with Gasteiger partial charge in [0, 0.05) is 37.4 Å². The van der Waals surface area contributed by atoms with Crippen LogP contribution in [-0.4, -0.2) is 30.8 Å². The van der Waals surface area contributed by atoms with Crippen molar-refractivity contribution in [2.45, 2.75) is 38.3 Å². The van der Waals surface area contributed by atoms with Gasteiger partial charge in [-0.2, -0.15) is 0 Å². The molecule has 1 aliphatic rings. The van der Waals surface area contributed by atoms with Gasteiger partial charge in [0.1, 0.15) is 11.9 Å². The Balaban J connectivity index is 1.54. The third-order valence-electron chi connectivity index (χ3n) is 4.51. The molecule has 0 bridgehead atoms. The van der Waals surface area contributed by atoms with Gasteiger partial charge in [0.2, 0.25) is 0 Å². The van der Waals surface area contributed by atoms with E-state index in [1.165, 1.54) is 17.5 Å². The summed E-state index contributed by atoms with van der Waals surface area (Å²) in [4.78, 5) is 14.4. The number of aliphatic hydroxyl groups excluding tert-OH is 1. The molecular weight excluding hydrogens is 318 g/mol. The first-order valence-corrected chi connectivity index (χ1v) is 8.66. The minimum Gasteiger partial charge on any atom is -0.467 e. The van der Waals surface area contributed by atoms with Gasteiger partial charge in [-0.25, -0.2) is 4.79 Å². The van der Waals surface area contributed by atoms with Crippen LogP contribution in [0.25, 0.3) is 0 Å². The number of rotatable bonds is 5. The van der Waals surface area contributed by atoms with Crippen LogP contribution in [0.5, 0.6) is 0 Å². The molecule has 0 saturated carbocycles.